The van der Waals surface area contributed by atoms with Gasteiger partial charge in [-0.05, 0) is 48.4 Å². The van der Waals surface area contributed by atoms with Gasteiger partial charge < -0.3 is 5.73 Å². The van der Waals surface area contributed by atoms with Gasteiger partial charge in [-0.1, -0.05) is 12.1 Å². The monoisotopic (exact) mass is 247 g/mol. The van der Waals surface area contributed by atoms with Gasteiger partial charge in [0.1, 0.15) is 5.82 Å². The standard InChI is InChI=1S/C14H14FNS/c1-10-11(3-2-4-14(10)16)9-17-13-7-5-12(15)6-8-13/h2-8H,9,16H2,1H3. The van der Waals surface area contributed by atoms with Gasteiger partial charge in [0, 0.05) is 16.3 Å². The van der Waals surface area contributed by atoms with Crippen molar-refractivity contribution in [2.75, 3.05) is 5.73 Å². The fraction of sp³-hybridized carbons (Fsp3) is 0.143. The second-order valence-electron chi connectivity index (χ2n) is 3.87. The molecule has 0 aromatic heterocycles. The minimum Gasteiger partial charge on any atom is -0.399 e. The molecule has 1 nitrogen and oxygen atoms in total. The maximum Gasteiger partial charge on any atom is 0.123 e. The number of halogens is 1. The van der Waals surface area contributed by atoms with Gasteiger partial charge in [-0.2, -0.15) is 0 Å². The Kier molecular flexibility index (Phi) is 3.69. The quantitative estimate of drug-likeness (QED) is 0.655. The molecule has 3 heteroatoms. The van der Waals surface area contributed by atoms with Crippen molar-refractivity contribution in [1.82, 2.24) is 0 Å². The number of nitrogens with two attached hydrogens (primary N) is 1. The molecule has 0 saturated heterocycles. The molecule has 0 atom stereocenters. The van der Waals surface area contributed by atoms with Crippen molar-refractivity contribution in [3.63, 3.8) is 0 Å². The van der Waals surface area contributed by atoms with Crippen molar-refractivity contribution < 1.29 is 4.39 Å². The Bertz CT molecular complexity index is 508. The lowest BCUT2D eigenvalue weighted by molar-refractivity contribution is 0.626. The maximum absolute atomic E-state index is 12.7. The third-order valence-electron chi connectivity index (χ3n) is 2.70. The molecule has 0 spiro atoms. The van der Waals surface area contributed by atoms with E-state index in [0.717, 1.165) is 21.9 Å². The van der Waals surface area contributed by atoms with Crippen molar-refractivity contribution in [2.24, 2.45) is 0 Å². The van der Waals surface area contributed by atoms with Crippen molar-refractivity contribution in [1.29, 1.82) is 0 Å². The molecule has 2 aromatic carbocycles. The van der Waals surface area contributed by atoms with Crippen LogP contribution < -0.4 is 5.73 Å². The maximum atomic E-state index is 12.7. The van der Waals surface area contributed by atoms with E-state index in [0.29, 0.717) is 0 Å². The van der Waals surface area contributed by atoms with Gasteiger partial charge in [0.2, 0.25) is 0 Å². The summed E-state index contributed by atoms with van der Waals surface area (Å²) in [6.07, 6.45) is 0. The second kappa shape index (κ2) is 5.23. The summed E-state index contributed by atoms with van der Waals surface area (Å²) in [5, 5.41) is 0. The van der Waals surface area contributed by atoms with Crippen LogP contribution >= 0.6 is 11.8 Å². The van der Waals surface area contributed by atoms with E-state index < -0.39 is 0 Å². The van der Waals surface area contributed by atoms with Crippen molar-refractivity contribution in [3.8, 4) is 0 Å². The number of anilines is 1. The molecule has 0 heterocycles. The van der Waals surface area contributed by atoms with E-state index in [1.54, 1.807) is 23.9 Å². The zero-order valence-corrected chi connectivity index (χ0v) is 10.4. The van der Waals surface area contributed by atoms with Gasteiger partial charge in [-0.3, -0.25) is 0 Å². The molecule has 2 aromatic rings. The first kappa shape index (κ1) is 12.0. The summed E-state index contributed by atoms with van der Waals surface area (Å²) >= 11 is 1.68. The van der Waals surface area contributed by atoms with Gasteiger partial charge in [0.25, 0.3) is 0 Å². The first-order valence-electron chi connectivity index (χ1n) is 5.39. The lowest BCUT2D eigenvalue weighted by Crippen LogP contribution is -1.93. The van der Waals surface area contributed by atoms with Crippen molar-refractivity contribution >= 4 is 17.4 Å². The largest absolute Gasteiger partial charge is 0.399 e. The van der Waals surface area contributed by atoms with E-state index in [2.05, 4.69) is 6.07 Å². The predicted molar refractivity (Wildman–Crippen MR) is 71.6 cm³/mol. The molecule has 0 unspecified atom stereocenters. The topological polar surface area (TPSA) is 26.0 Å². The van der Waals surface area contributed by atoms with E-state index in [-0.39, 0.29) is 5.82 Å². The highest BCUT2D eigenvalue weighted by atomic mass is 32.2. The summed E-state index contributed by atoms with van der Waals surface area (Å²) in [7, 11) is 0. The third-order valence-corrected chi connectivity index (χ3v) is 3.76. The van der Waals surface area contributed by atoms with E-state index in [1.807, 2.05) is 19.1 Å². The molecule has 0 radical (unpaired) electrons. The molecule has 88 valence electrons. The molecule has 0 amide bonds. The van der Waals surface area contributed by atoms with Crippen LogP contribution in [0.25, 0.3) is 0 Å². The Morgan fingerprint density at radius 3 is 2.53 bits per heavy atom. The average molecular weight is 247 g/mol. The molecule has 2 rings (SSSR count). The Labute approximate surface area is 105 Å². The van der Waals surface area contributed by atoms with Crippen molar-refractivity contribution in [3.05, 3.63) is 59.4 Å². The summed E-state index contributed by atoms with van der Waals surface area (Å²) < 4.78 is 12.7. The Hall–Kier alpha value is -1.48. The number of hydrogen-bond acceptors (Lipinski definition) is 2. The minimum atomic E-state index is -0.200. The van der Waals surface area contributed by atoms with Crippen LogP contribution in [0, 0.1) is 12.7 Å². The van der Waals surface area contributed by atoms with Gasteiger partial charge in [-0.25, -0.2) is 4.39 Å². The number of thioether (sulfide) groups is 1. The molecule has 0 fully saturated rings. The van der Waals surface area contributed by atoms with Crippen LogP contribution in [0.15, 0.2) is 47.4 Å². The molecule has 0 aliphatic heterocycles. The Balaban J connectivity index is 2.07. The number of nitrogen functional groups attached to an aromatic ring is 1. The lowest BCUT2D eigenvalue weighted by atomic mass is 10.1. The Morgan fingerprint density at radius 2 is 1.82 bits per heavy atom. The van der Waals surface area contributed by atoms with E-state index in [1.165, 1.54) is 17.7 Å². The first-order chi connectivity index (χ1) is 8.16. The predicted octanol–water partition coefficient (Wildman–Crippen LogP) is 4.01. The van der Waals surface area contributed by atoms with E-state index in [4.69, 9.17) is 5.73 Å². The van der Waals surface area contributed by atoms with Gasteiger partial charge in [0.05, 0.1) is 0 Å². The van der Waals surface area contributed by atoms with Crippen LogP contribution in [0.1, 0.15) is 11.1 Å². The summed E-state index contributed by atoms with van der Waals surface area (Å²) in [4.78, 5) is 1.06. The van der Waals surface area contributed by atoms with Crippen LogP contribution in [0.4, 0.5) is 10.1 Å². The zero-order valence-electron chi connectivity index (χ0n) is 9.61. The highest BCUT2D eigenvalue weighted by Crippen LogP contribution is 2.26. The van der Waals surface area contributed by atoms with Crippen LogP contribution in [-0.4, -0.2) is 0 Å². The van der Waals surface area contributed by atoms with Gasteiger partial charge >= 0.3 is 0 Å². The third kappa shape index (κ3) is 3.01. The average Bonchev–Trinajstić information content (AvgIpc) is 2.33. The highest BCUT2D eigenvalue weighted by Gasteiger charge is 2.02. The van der Waals surface area contributed by atoms with Crippen LogP contribution in [0.2, 0.25) is 0 Å². The van der Waals surface area contributed by atoms with Gasteiger partial charge in [-0.15, -0.1) is 11.8 Å². The number of hydrogen-bond donors (Lipinski definition) is 1. The summed E-state index contributed by atoms with van der Waals surface area (Å²) in [5.41, 5.74) is 9.02. The smallest absolute Gasteiger partial charge is 0.123 e. The Morgan fingerprint density at radius 1 is 1.12 bits per heavy atom. The fourth-order valence-electron chi connectivity index (χ4n) is 1.55. The molecular formula is C14H14FNS. The molecule has 0 aliphatic rings. The van der Waals surface area contributed by atoms with E-state index in [9.17, 15) is 4.39 Å². The lowest BCUT2D eigenvalue weighted by Gasteiger charge is -2.08. The molecular weight excluding hydrogens is 233 g/mol. The van der Waals surface area contributed by atoms with Crippen LogP contribution in [0.5, 0.6) is 0 Å². The fourth-order valence-corrected chi connectivity index (χ4v) is 2.52. The second-order valence-corrected chi connectivity index (χ2v) is 4.92. The van der Waals surface area contributed by atoms with E-state index >= 15 is 0 Å². The zero-order chi connectivity index (χ0) is 12.3. The normalized spacial score (nSPS) is 10.5. The van der Waals surface area contributed by atoms with Crippen molar-refractivity contribution in [2.45, 2.75) is 17.6 Å². The first-order valence-corrected chi connectivity index (χ1v) is 6.37. The molecule has 17 heavy (non-hydrogen) atoms. The SMILES string of the molecule is Cc1c(N)cccc1CSc1ccc(F)cc1. The number of benzene rings is 2. The molecule has 0 aliphatic carbocycles. The molecule has 0 saturated carbocycles. The summed E-state index contributed by atoms with van der Waals surface area (Å²) in [6, 6.07) is 12.5. The van der Waals surface area contributed by atoms with Crippen LogP contribution in [0.3, 0.4) is 0 Å². The van der Waals surface area contributed by atoms with Crippen LogP contribution in [-0.2, 0) is 5.75 Å². The summed E-state index contributed by atoms with van der Waals surface area (Å²) in [5.74, 6) is 0.650. The summed E-state index contributed by atoms with van der Waals surface area (Å²) in [6.45, 7) is 2.02. The number of rotatable bonds is 3. The highest BCUT2D eigenvalue weighted by molar-refractivity contribution is 7.98. The molecule has 2 N–H and O–H groups in total. The van der Waals surface area contributed by atoms with Gasteiger partial charge in [0.15, 0.2) is 0 Å². The molecule has 0 bridgehead atoms. The minimum absolute atomic E-state index is 0.200.